The van der Waals surface area contributed by atoms with Crippen LogP contribution in [0, 0.1) is 0 Å². The van der Waals surface area contributed by atoms with Crippen molar-refractivity contribution in [3.8, 4) is 0 Å². The van der Waals surface area contributed by atoms with Gasteiger partial charge >= 0.3 is 0 Å². The Bertz CT molecular complexity index is 266. The quantitative estimate of drug-likeness (QED) is 0.774. The lowest BCUT2D eigenvalue weighted by atomic mass is 10.1. The number of aromatic nitrogens is 1. The van der Waals surface area contributed by atoms with E-state index >= 15 is 0 Å². The summed E-state index contributed by atoms with van der Waals surface area (Å²) in [7, 11) is 2.03. The van der Waals surface area contributed by atoms with E-state index in [1.807, 2.05) is 13.2 Å². The molecule has 0 saturated carbocycles. The summed E-state index contributed by atoms with van der Waals surface area (Å²) in [5, 5.41) is 3.34. The van der Waals surface area contributed by atoms with Crippen molar-refractivity contribution in [3.05, 3.63) is 29.6 Å². The molecule has 0 amide bonds. The summed E-state index contributed by atoms with van der Waals surface area (Å²) in [5.41, 5.74) is 2.51. The van der Waals surface area contributed by atoms with E-state index in [1.54, 1.807) is 0 Å². The van der Waals surface area contributed by atoms with Crippen LogP contribution in [0.3, 0.4) is 0 Å². The Kier molecular flexibility index (Phi) is 5.33. The predicted octanol–water partition coefficient (Wildman–Crippen LogP) is 2.57. The highest BCUT2D eigenvalue weighted by Crippen LogP contribution is 2.06. The van der Waals surface area contributed by atoms with Gasteiger partial charge in [0.1, 0.15) is 0 Å². The van der Waals surface area contributed by atoms with Crippen LogP contribution in [0.4, 0.5) is 0 Å². The number of hydrogen-bond acceptors (Lipinski definition) is 2. The summed E-state index contributed by atoms with van der Waals surface area (Å²) < 4.78 is 0. The summed E-state index contributed by atoms with van der Waals surface area (Å²) in [6.07, 6.45) is 6.53. The van der Waals surface area contributed by atoms with Crippen molar-refractivity contribution in [2.45, 2.75) is 45.6 Å². The van der Waals surface area contributed by atoms with Crippen LogP contribution in [0.2, 0.25) is 0 Å². The molecule has 1 N–H and O–H groups in total. The fourth-order valence-corrected chi connectivity index (χ4v) is 1.73. The van der Waals surface area contributed by atoms with Crippen molar-refractivity contribution < 1.29 is 0 Å². The maximum Gasteiger partial charge on any atom is 0.0419 e. The molecule has 0 aliphatic rings. The standard InChI is InChI=1S/C13H22N2/c1-4-6-12(14-3)9-13-8-7-11(5-2)10-15-13/h7-8,10,12,14H,4-6,9H2,1-3H3. The molecule has 0 aliphatic carbocycles. The molecule has 2 heteroatoms. The molecule has 0 aromatic carbocycles. The van der Waals surface area contributed by atoms with E-state index in [0.717, 1.165) is 12.8 Å². The van der Waals surface area contributed by atoms with Crippen LogP contribution in [0.25, 0.3) is 0 Å². The fourth-order valence-electron chi connectivity index (χ4n) is 1.73. The number of hydrogen-bond donors (Lipinski definition) is 1. The van der Waals surface area contributed by atoms with Gasteiger partial charge in [-0.05, 0) is 31.5 Å². The smallest absolute Gasteiger partial charge is 0.0419 e. The van der Waals surface area contributed by atoms with Crippen molar-refractivity contribution in [2.75, 3.05) is 7.05 Å². The monoisotopic (exact) mass is 206 g/mol. The van der Waals surface area contributed by atoms with Crippen LogP contribution < -0.4 is 5.32 Å². The maximum absolute atomic E-state index is 4.48. The van der Waals surface area contributed by atoms with Crippen LogP contribution in [0.1, 0.15) is 37.9 Å². The molecule has 1 unspecified atom stereocenters. The number of likely N-dealkylation sites (N-methyl/N-ethyl adjacent to an activating group) is 1. The molecule has 0 fully saturated rings. The zero-order chi connectivity index (χ0) is 11.1. The molecular formula is C13H22N2. The average molecular weight is 206 g/mol. The molecule has 1 aromatic heterocycles. The first-order valence-electron chi connectivity index (χ1n) is 5.91. The minimum atomic E-state index is 0.565. The van der Waals surface area contributed by atoms with Gasteiger partial charge in [0.25, 0.3) is 0 Å². The van der Waals surface area contributed by atoms with E-state index in [0.29, 0.717) is 6.04 Å². The van der Waals surface area contributed by atoms with E-state index in [4.69, 9.17) is 0 Å². The molecule has 0 saturated heterocycles. The Morgan fingerprint density at radius 1 is 1.33 bits per heavy atom. The van der Waals surface area contributed by atoms with Gasteiger partial charge in [0.15, 0.2) is 0 Å². The lowest BCUT2D eigenvalue weighted by molar-refractivity contribution is 0.509. The minimum Gasteiger partial charge on any atom is -0.317 e. The molecule has 0 radical (unpaired) electrons. The van der Waals surface area contributed by atoms with E-state index in [-0.39, 0.29) is 0 Å². The molecule has 84 valence electrons. The molecule has 1 aromatic rings. The van der Waals surface area contributed by atoms with Gasteiger partial charge in [-0.25, -0.2) is 0 Å². The van der Waals surface area contributed by atoms with Gasteiger partial charge in [-0.1, -0.05) is 26.3 Å². The lowest BCUT2D eigenvalue weighted by Gasteiger charge is -2.14. The van der Waals surface area contributed by atoms with Crippen LogP contribution in [0.5, 0.6) is 0 Å². The van der Waals surface area contributed by atoms with E-state index in [2.05, 4.69) is 36.3 Å². The lowest BCUT2D eigenvalue weighted by Crippen LogP contribution is -2.27. The Morgan fingerprint density at radius 2 is 2.13 bits per heavy atom. The topological polar surface area (TPSA) is 24.9 Å². The summed E-state index contributed by atoms with van der Waals surface area (Å²) in [5.74, 6) is 0. The van der Waals surface area contributed by atoms with E-state index in [9.17, 15) is 0 Å². The van der Waals surface area contributed by atoms with Crippen LogP contribution >= 0.6 is 0 Å². The first-order chi connectivity index (χ1) is 7.30. The molecule has 15 heavy (non-hydrogen) atoms. The maximum atomic E-state index is 4.48. The summed E-state index contributed by atoms with van der Waals surface area (Å²) in [4.78, 5) is 4.48. The number of nitrogens with one attached hydrogen (secondary N) is 1. The first-order valence-corrected chi connectivity index (χ1v) is 5.91. The molecule has 0 spiro atoms. The van der Waals surface area contributed by atoms with Gasteiger partial charge in [-0.3, -0.25) is 4.98 Å². The third-order valence-electron chi connectivity index (χ3n) is 2.80. The zero-order valence-electron chi connectivity index (χ0n) is 10.1. The second kappa shape index (κ2) is 6.57. The summed E-state index contributed by atoms with van der Waals surface area (Å²) >= 11 is 0. The minimum absolute atomic E-state index is 0.565. The second-order valence-electron chi connectivity index (χ2n) is 3.99. The van der Waals surface area contributed by atoms with Crippen molar-refractivity contribution in [3.63, 3.8) is 0 Å². The summed E-state index contributed by atoms with van der Waals surface area (Å²) in [6.45, 7) is 4.38. The van der Waals surface area contributed by atoms with Gasteiger partial charge in [0.2, 0.25) is 0 Å². The molecule has 0 aliphatic heterocycles. The Hall–Kier alpha value is -0.890. The highest BCUT2D eigenvalue weighted by Gasteiger charge is 2.06. The fraction of sp³-hybridized carbons (Fsp3) is 0.615. The Morgan fingerprint density at radius 3 is 2.60 bits per heavy atom. The van der Waals surface area contributed by atoms with Crippen LogP contribution in [-0.4, -0.2) is 18.1 Å². The van der Waals surface area contributed by atoms with Gasteiger partial charge in [0, 0.05) is 24.4 Å². The number of rotatable bonds is 6. The normalized spacial score (nSPS) is 12.7. The SMILES string of the molecule is CCCC(Cc1ccc(CC)cn1)NC. The predicted molar refractivity (Wildman–Crippen MR) is 65.1 cm³/mol. The first kappa shape index (κ1) is 12.2. The van der Waals surface area contributed by atoms with Crippen molar-refractivity contribution in [2.24, 2.45) is 0 Å². The second-order valence-corrected chi connectivity index (χ2v) is 3.99. The number of pyridine rings is 1. The van der Waals surface area contributed by atoms with Crippen LogP contribution in [-0.2, 0) is 12.8 Å². The highest BCUT2D eigenvalue weighted by molar-refractivity contribution is 5.14. The number of aryl methyl sites for hydroxylation is 1. The average Bonchev–Trinajstić information content (AvgIpc) is 2.29. The summed E-state index contributed by atoms with van der Waals surface area (Å²) in [6, 6.07) is 4.90. The van der Waals surface area contributed by atoms with Crippen molar-refractivity contribution in [1.29, 1.82) is 0 Å². The van der Waals surface area contributed by atoms with E-state index in [1.165, 1.54) is 24.1 Å². The molecule has 0 bridgehead atoms. The number of nitrogens with zero attached hydrogens (tertiary/aromatic N) is 1. The Balaban J connectivity index is 2.55. The van der Waals surface area contributed by atoms with Gasteiger partial charge in [-0.15, -0.1) is 0 Å². The van der Waals surface area contributed by atoms with E-state index < -0.39 is 0 Å². The Labute approximate surface area is 93.1 Å². The molecule has 1 heterocycles. The third kappa shape index (κ3) is 4.00. The highest BCUT2D eigenvalue weighted by atomic mass is 14.9. The molecule has 1 rings (SSSR count). The zero-order valence-corrected chi connectivity index (χ0v) is 10.1. The molecule has 1 atom stereocenters. The van der Waals surface area contributed by atoms with Gasteiger partial charge in [0.05, 0.1) is 0 Å². The molecule has 2 nitrogen and oxygen atoms in total. The largest absolute Gasteiger partial charge is 0.317 e. The van der Waals surface area contributed by atoms with Crippen molar-refractivity contribution >= 4 is 0 Å². The third-order valence-corrected chi connectivity index (χ3v) is 2.80. The van der Waals surface area contributed by atoms with Crippen molar-refractivity contribution in [1.82, 2.24) is 10.3 Å². The van der Waals surface area contributed by atoms with Gasteiger partial charge in [-0.2, -0.15) is 0 Å². The van der Waals surface area contributed by atoms with Gasteiger partial charge < -0.3 is 5.32 Å². The van der Waals surface area contributed by atoms with Crippen LogP contribution in [0.15, 0.2) is 18.3 Å². The molecular weight excluding hydrogens is 184 g/mol.